The van der Waals surface area contributed by atoms with Gasteiger partial charge in [0.15, 0.2) is 5.17 Å². The molecule has 2 aliphatic rings. The molecule has 2 aromatic heterocycles. The van der Waals surface area contributed by atoms with E-state index in [0.29, 0.717) is 18.0 Å². The first-order valence-corrected chi connectivity index (χ1v) is 15.4. The second-order valence-corrected chi connectivity index (χ2v) is 12.3. The molecule has 0 N–H and O–H groups in total. The van der Waals surface area contributed by atoms with Gasteiger partial charge in [-0.05, 0) is 41.5 Å². The van der Waals surface area contributed by atoms with Gasteiger partial charge in [-0.15, -0.1) is 16.4 Å². The number of aliphatic imine (C=N–C) groups is 1. The lowest BCUT2D eigenvalue weighted by molar-refractivity contribution is 0.370. The first-order valence-electron chi connectivity index (χ1n) is 13.6. The van der Waals surface area contributed by atoms with E-state index in [2.05, 4.69) is 76.7 Å². The van der Waals surface area contributed by atoms with Gasteiger partial charge in [0.25, 0.3) is 0 Å². The average Bonchev–Trinajstić information content (AvgIpc) is 3.74. The van der Waals surface area contributed by atoms with Crippen molar-refractivity contribution in [3.63, 3.8) is 0 Å². The number of thiophene rings is 1. The van der Waals surface area contributed by atoms with E-state index in [4.69, 9.17) is 9.41 Å². The van der Waals surface area contributed by atoms with Crippen molar-refractivity contribution >= 4 is 54.1 Å². The minimum absolute atomic E-state index is 0.0456. The van der Waals surface area contributed by atoms with E-state index in [1.54, 1.807) is 11.8 Å². The molecule has 200 valence electrons. The molecule has 0 bridgehead atoms. The molecule has 4 aromatic carbocycles. The molecule has 2 aliphatic heterocycles. The molecule has 0 aliphatic carbocycles. The number of hydrogen-bond acceptors (Lipinski definition) is 7. The maximum Gasteiger partial charge on any atom is 0.441 e. The molecule has 1 unspecified atom stereocenters. The first kappa shape index (κ1) is 24.4. The zero-order chi connectivity index (χ0) is 27.3. The third-order valence-electron chi connectivity index (χ3n) is 7.66. The third kappa shape index (κ3) is 4.22. The van der Waals surface area contributed by atoms with Gasteiger partial charge in [-0.2, -0.15) is 4.68 Å². The van der Waals surface area contributed by atoms with Crippen LogP contribution in [0.15, 0.2) is 123 Å². The van der Waals surface area contributed by atoms with Gasteiger partial charge in [-0.25, -0.2) is 9.79 Å². The standard InChI is InChI=1S/C33H24N4O2S2/c38-33-37(23-11-5-2-6-12-23)35-29(39-33)20-26-30(22-15-16-28-25(19-22)24-13-7-8-14-27(24)41-28)34-32-36(17-18-40-32)31(26)21-9-3-1-4-10-21/h1-16,19,31H,17-18,20H2. The molecular weight excluding hydrogens is 549 g/mol. The zero-order valence-corrected chi connectivity index (χ0v) is 23.6. The largest absolute Gasteiger partial charge is 0.441 e. The number of hydrogen-bond donors (Lipinski definition) is 0. The summed E-state index contributed by atoms with van der Waals surface area (Å²) < 4.78 is 9.62. The highest BCUT2D eigenvalue weighted by atomic mass is 32.2. The van der Waals surface area contributed by atoms with Crippen LogP contribution in [-0.4, -0.2) is 32.1 Å². The number of aromatic nitrogens is 2. The summed E-state index contributed by atoms with van der Waals surface area (Å²) >= 11 is 3.60. The summed E-state index contributed by atoms with van der Waals surface area (Å²) in [5.41, 5.74) is 4.91. The Morgan fingerprint density at radius 1 is 0.854 bits per heavy atom. The van der Waals surface area contributed by atoms with Crippen molar-refractivity contribution in [2.24, 2.45) is 4.99 Å². The van der Waals surface area contributed by atoms with Gasteiger partial charge in [0, 0.05) is 38.0 Å². The van der Waals surface area contributed by atoms with E-state index >= 15 is 0 Å². The minimum Gasteiger partial charge on any atom is -0.392 e. The van der Waals surface area contributed by atoms with Crippen LogP contribution in [-0.2, 0) is 6.42 Å². The van der Waals surface area contributed by atoms with Crippen molar-refractivity contribution < 1.29 is 4.42 Å². The zero-order valence-electron chi connectivity index (χ0n) is 21.9. The van der Waals surface area contributed by atoms with E-state index in [0.717, 1.165) is 34.3 Å². The molecule has 1 atom stereocenters. The number of para-hydroxylation sites is 1. The van der Waals surface area contributed by atoms with Crippen molar-refractivity contribution in [3.05, 3.63) is 136 Å². The van der Waals surface area contributed by atoms with Gasteiger partial charge in [-0.3, -0.25) is 0 Å². The van der Waals surface area contributed by atoms with Gasteiger partial charge >= 0.3 is 5.76 Å². The lowest BCUT2D eigenvalue weighted by Crippen LogP contribution is -2.34. The van der Waals surface area contributed by atoms with E-state index < -0.39 is 5.76 Å². The monoisotopic (exact) mass is 572 g/mol. The van der Waals surface area contributed by atoms with Crippen molar-refractivity contribution in [2.75, 3.05) is 12.3 Å². The van der Waals surface area contributed by atoms with Crippen LogP contribution in [0.4, 0.5) is 0 Å². The molecule has 0 radical (unpaired) electrons. The molecule has 0 saturated carbocycles. The van der Waals surface area contributed by atoms with Crippen molar-refractivity contribution in [1.29, 1.82) is 0 Å². The highest BCUT2D eigenvalue weighted by Gasteiger charge is 2.37. The Labute approximate surface area is 244 Å². The fourth-order valence-corrected chi connectivity index (χ4v) is 7.91. The lowest BCUT2D eigenvalue weighted by atomic mass is 9.89. The van der Waals surface area contributed by atoms with Gasteiger partial charge in [0.1, 0.15) is 0 Å². The molecule has 6 aromatic rings. The minimum atomic E-state index is -0.493. The predicted molar refractivity (Wildman–Crippen MR) is 168 cm³/mol. The smallest absolute Gasteiger partial charge is 0.392 e. The van der Waals surface area contributed by atoms with E-state index in [-0.39, 0.29) is 6.04 Å². The van der Waals surface area contributed by atoms with Crippen LogP contribution >= 0.6 is 23.1 Å². The Hall–Kier alpha value is -4.40. The summed E-state index contributed by atoms with van der Waals surface area (Å²) in [6, 6.07) is 35.1. The summed E-state index contributed by atoms with van der Waals surface area (Å²) in [5, 5.41) is 8.15. The third-order valence-corrected chi connectivity index (χ3v) is 9.78. The molecule has 8 heteroatoms. The van der Waals surface area contributed by atoms with Crippen molar-refractivity contribution in [3.8, 4) is 5.69 Å². The van der Waals surface area contributed by atoms with E-state index in [9.17, 15) is 4.79 Å². The Kier molecular flexibility index (Phi) is 5.89. The van der Waals surface area contributed by atoms with Crippen LogP contribution in [0.1, 0.15) is 23.1 Å². The number of amidine groups is 1. The van der Waals surface area contributed by atoms with Crippen molar-refractivity contribution in [2.45, 2.75) is 12.5 Å². The highest BCUT2D eigenvalue weighted by molar-refractivity contribution is 8.14. The number of benzene rings is 4. The molecule has 1 fully saturated rings. The van der Waals surface area contributed by atoms with Crippen LogP contribution in [0.5, 0.6) is 0 Å². The average molecular weight is 573 g/mol. The quantitative estimate of drug-likeness (QED) is 0.217. The molecule has 41 heavy (non-hydrogen) atoms. The molecule has 4 heterocycles. The van der Waals surface area contributed by atoms with Crippen LogP contribution in [0.25, 0.3) is 31.6 Å². The molecular formula is C33H24N4O2S2. The maximum absolute atomic E-state index is 12.9. The number of nitrogens with zero attached hydrogens (tertiary/aromatic N) is 4. The summed E-state index contributed by atoms with van der Waals surface area (Å²) in [6.45, 7) is 0.899. The second kappa shape index (κ2) is 9.90. The van der Waals surface area contributed by atoms with Gasteiger partial charge in [0.05, 0.1) is 23.8 Å². The molecule has 0 spiro atoms. The van der Waals surface area contributed by atoms with Crippen LogP contribution in [0, 0.1) is 0 Å². The topological polar surface area (TPSA) is 63.6 Å². The molecule has 0 amide bonds. The first-order chi connectivity index (χ1) is 20.2. The fourth-order valence-electron chi connectivity index (χ4n) is 5.84. The molecule has 8 rings (SSSR count). The Morgan fingerprint density at radius 2 is 1.61 bits per heavy atom. The highest BCUT2D eigenvalue weighted by Crippen LogP contribution is 2.45. The Bertz CT molecular complexity index is 2040. The predicted octanol–water partition coefficient (Wildman–Crippen LogP) is 7.31. The second-order valence-electron chi connectivity index (χ2n) is 10.1. The molecule has 6 nitrogen and oxygen atoms in total. The normalized spacial score (nSPS) is 16.9. The van der Waals surface area contributed by atoms with Gasteiger partial charge in [-0.1, -0.05) is 84.6 Å². The van der Waals surface area contributed by atoms with Crippen molar-refractivity contribution in [1.82, 2.24) is 14.7 Å². The maximum atomic E-state index is 12.9. The summed E-state index contributed by atoms with van der Waals surface area (Å²) in [4.78, 5) is 20.5. The SMILES string of the molecule is O=c1oc(CC2=C(c3ccc4sc5ccccc5c4c3)N=C3SCCN3C2c2ccccc2)nn1-c1ccccc1. The summed E-state index contributed by atoms with van der Waals surface area (Å²) in [7, 11) is 0. The van der Waals surface area contributed by atoms with Crippen LogP contribution in [0.3, 0.4) is 0 Å². The number of thioether (sulfide) groups is 1. The number of rotatable bonds is 5. The summed E-state index contributed by atoms with van der Waals surface area (Å²) in [6.07, 6.45) is 0.365. The van der Waals surface area contributed by atoms with E-state index in [1.807, 2.05) is 47.7 Å². The Balaban J connectivity index is 1.33. The number of fused-ring (bicyclic) bond motifs is 4. The van der Waals surface area contributed by atoms with Crippen LogP contribution < -0.4 is 5.76 Å². The van der Waals surface area contributed by atoms with Crippen LogP contribution in [0.2, 0.25) is 0 Å². The van der Waals surface area contributed by atoms with Gasteiger partial charge in [0.2, 0.25) is 5.89 Å². The lowest BCUT2D eigenvalue weighted by Gasteiger charge is -2.36. The Morgan fingerprint density at radius 3 is 2.46 bits per heavy atom. The van der Waals surface area contributed by atoms with Gasteiger partial charge < -0.3 is 9.32 Å². The summed E-state index contributed by atoms with van der Waals surface area (Å²) in [5.74, 6) is 0.863. The molecule has 1 saturated heterocycles. The fraction of sp³-hybridized carbons (Fsp3) is 0.121. The van der Waals surface area contributed by atoms with E-state index in [1.165, 1.54) is 30.4 Å².